The van der Waals surface area contributed by atoms with Crippen LogP contribution in [0.2, 0.25) is 0 Å². The Kier molecular flexibility index (Phi) is 8.35. The number of rotatable bonds is 7. The van der Waals surface area contributed by atoms with Gasteiger partial charge in [0.1, 0.15) is 0 Å². The minimum atomic E-state index is -0.0356. The van der Waals surface area contributed by atoms with Crippen molar-refractivity contribution < 1.29 is 4.79 Å². The van der Waals surface area contributed by atoms with E-state index in [0.29, 0.717) is 18.7 Å². The van der Waals surface area contributed by atoms with Crippen LogP contribution in [-0.2, 0) is 6.54 Å². The van der Waals surface area contributed by atoms with Crippen LogP contribution in [0.4, 0.5) is 0 Å². The van der Waals surface area contributed by atoms with Crippen LogP contribution in [0.1, 0.15) is 22.8 Å². The van der Waals surface area contributed by atoms with Crippen molar-refractivity contribution in [1.82, 2.24) is 16.0 Å². The molecule has 0 bridgehead atoms. The van der Waals surface area contributed by atoms with Gasteiger partial charge in [-0.2, -0.15) is 11.8 Å². The predicted octanol–water partition coefficient (Wildman–Crippen LogP) is 1.46. The van der Waals surface area contributed by atoms with Crippen LogP contribution in [0.25, 0.3) is 0 Å². The molecule has 0 spiro atoms. The molecule has 0 saturated carbocycles. The largest absolute Gasteiger partial charge is 0.356 e. The molecular weight excluding hydrogens is 284 g/mol. The molecule has 0 saturated heterocycles. The molecule has 1 rings (SSSR count). The van der Waals surface area contributed by atoms with Gasteiger partial charge in [0.15, 0.2) is 5.96 Å². The number of benzene rings is 1. The Labute approximate surface area is 131 Å². The van der Waals surface area contributed by atoms with Crippen LogP contribution < -0.4 is 16.0 Å². The third kappa shape index (κ3) is 6.53. The highest BCUT2D eigenvalue weighted by Crippen LogP contribution is 2.04. The Morgan fingerprint density at radius 2 is 1.90 bits per heavy atom. The second kappa shape index (κ2) is 10.1. The second-order valence-corrected chi connectivity index (χ2v) is 5.39. The summed E-state index contributed by atoms with van der Waals surface area (Å²) in [6, 6.07) is 7.58. The number of aliphatic imine (C=N–C) groups is 1. The van der Waals surface area contributed by atoms with E-state index in [-0.39, 0.29) is 5.91 Å². The van der Waals surface area contributed by atoms with Gasteiger partial charge in [0.25, 0.3) is 5.91 Å². The minimum absolute atomic E-state index is 0.0356. The number of carbonyl (C=O) groups excluding carboxylic acids is 1. The zero-order chi connectivity index (χ0) is 15.5. The van der Waals surface area contributed by atoms with Crippen LogP contribution >= 0.6 is 11.8 Å². The average molecular weight is 308 g/mol. The highest BCUT2D eigenvalue weighted by Gasteiger charge is 2.03. The lowest BCUT2D eigenvalue weighted by Crippen LogP contribution is -2.37. The minimum Gasteiger partial charge on any atom is -0.356 e. The molecule has 21 heavy (non-hydrogen) atoms. The van der Waals surface area contributed by atoms with Crippen LogP contribution in [0, 0.1) is 0 Å². The van der Waals surface area contributed by atoms with Gasteiger partial charge < -0.3 is 16.0 Å². The van der Waals surface area contributed by atoms with Gasteiger partial charge in [-0.25, -0.2) is 0 Å². The lowest BCUT2D eigenvalue weighted by molar-refractivity contribution is 0.0956. The quantitative estimate of drug-likeness (QED) is 0.405. The molecule has 0 heterocycles. The summed E-state index contributed by atoms with van der Waals surface area (Å²) in [5.74, 6) is 1.80. The standard InChI is InChI=1S/C15H24N4OS/c1-4-17-14(20)13-7-5-12(6-8-13)11-19-15(16-2)18-9-10-21-3/h5-8H,4,9-11H2,1-3H3,(H,17,20)(H2,16,18,19). The van der Waals surface area contributed by atoms with E-state index in [1.807, 2.05) is 31.2 Å². The number of carbonyl (C=O) groups is 1. The second-order valence-electron chi connectivity index (χ2n) is 4.40. The Bertz CT molecular complexity index is 459. The lowest BCUT2D eigenvalue weighted by atomic mass is 10.1. The van der Waals surface area contributed by atoms with Gasteiger partial charge in [-0.15, -0.1) is 0 Å². The molecule has 0 fully saturated rings. The summed E-state index contributed by atoms with van der Waals surface area (Å²) in [7, 11) is 1.76. The molecule has 3 N–H and O–H groups in total. The first-order chi connectivity index (χ1) is 10.2. The molecule has 1 aromatic rings. The third-order valence-corrected chi connectivity index (χ3v) is 3.45. The molecule has 0 aliphatic rings. The van der Waals surface area contributed by atoms with Gasteiger partial charge in [-0.1, -0.05) is 12.1 Å². The molecule has 0 unspecified atom stereocenters. The van der Waals surface area contributed by atoms with Crippen LogP contribution in [0.15, 0.2) is 29.3 Å². The SMILES string of the molecule is CCNC(=O)c1ccc(CNC(=NC)NCCSC)cc1. The molecule has 1 aromatic carbocycles. The van der Waals surface area contributed by atoms with Gasteiger partial charge in [0.05, 0.1) is 0 Å². The van der Waals surface area contributed by atoms with E-state index in [9.17, 15) is 4.79 Å². The number of amides is 1. The highest BCUT2D eigenvalue weighted by molar-refractivity contribution is 7.98. The maximum absolute atomic E-state index is 11.7. The number of hydrogen-bond acceptors (Lipinski definition) is 3. The van der Waals surface area contributed by atoms with Crippen molar-refractivity contribution in [1.29, 1.82) is 0 Å². The molecule has 5 nitrogen and oxygen atoms in total. The van der Waals surface area contributed by atoms with Gasteiger partial charge in [0, 0.05) is 38.0 Å². The number of hydrogen-bond donors (Lipinski definition) is 3. The topological polar surface area (TPSA) is 65.5 Å². The first kappa shape index (κ1) is 17.4. The number of thioether (sulfide) groups is 1. The molecule has 1 amide bonds. The van der Waals surface area contributed by atoms with Crippen molar-refractivity contribution in [2.75, 3.05) is 32.1 Å². The summed E-state index contributed by atoms with van der Waals surface area (Å²) in [6.07, 6.45) is 2.08. The van der Waals surface area contributed by atoms with Crippen LogP contribution in [-0.4, -0.2) is 44.0 Å². The average Bonchev–Trinajstić information content (AvgIpc) is 2.51. The van der Waals surface area contributed by atoms with E-state index in [2.05, 4.69) is 27.2 Å². The predicted molar refractivity (Wildman–Crippen MR) is 91.0 cm³/mol. The first-order valence-corrected chi connectivity index (χ1v) is 8.41. The maximum atomic E-state index is 11.7. The molecule has 116 valence electrons. The van der Waals surface area contributed by atoms with E-state index in [0.717, 1.165) is 23.8 Å². The Morgan fingerprint density at radius 3 is 2.48 bits per heavy atom. The molecule has 0 radical (unpaired) electrons. The number of nitrogens with one attached hydrogen (secondary N) is 3. The number of guanidine groups is 1. The van der Waals surface area contributed by atoms with Crippen molar-refractivity contribution in [3.05, 3.63) is 35.4 Å². The van der Waals surface area contributed by atoms with E-state index in [4.69, 9.17) is 0 Å². The first-order valence-electron chi connectivity index (χ1n) is 7.01. The third-order valence-electron chi connectivity index (χ3n) is 2.84. The Hall–Kier alpha value is -1.69. The van der Waals surface area contributed by atoms with Crippen molar-refractivity contribution in [2.24, 2.45) is 4.99 Å². The van der Waals surface area contributed by atoms with Crippen molar-refractivity contribution in [2.45, 2.75) is 13.5 Å². The lowest BCUT2D eigenvalue weighted by Gasteiger charge is -2.11. The van der Waals surface area contributed by atoms with Crippen LogP contribution in [0.5, 0.6) is 0 Å². The fraction of sp³-hybridized carbons (Fsp3) is 0.467. The monoisotopic (exact) mass is 308 g/mol. The van der Waals surface area contributed by atoms with Gasteiger partial charge in [-0.3, -0.25) is 9.79 Å². The summed E-state index contributed by atoms with van der Waals surface area (Å²) in [4.78, 5) is 15.8. The highest BCUT2D eigenvalue weighted by atomic mass is 32.2. The number of nitrogens with zero attached hydrogens (tertiary/aromatic N) is 1. The van der Waals surface area contributed by atoms with E-state index >= 15 is 0 Å². The van der Waals surface area contributed by atoms with Crippen molar-refractivity contribution in [3.63, 3.8) is 0 Å². The van der Waals surface area contributed by atoms with Gasteiger partial charge >= 0.3 is 0 Å². The summed E-state index contributed by atoms with van der Waals surface area (Å²) >= 11 is 1.79. The zero-order valence-corrected chi connectivity index (χ0v) is 13.7. The molecule has 0 aliphatic carbocycles. The smallest absolute Gasteiger partial charge is 0.251 e. The summed E-state index contributed by atoms with van der Waals surface area (Å²) in [5.41, 5.74) is 1.79. The molecule has 0 aliphatic heterocycles. The molecule has 0 atom stereocenters. The normalized spacial score (nSPS) is 11.1. The van der Waals surface area contributed by atoms with E-state index in [1.54, 1.807) is 18.8 Å². The summed E-state index contributed by atoms with van der Waals surface area (Å²) in [5, 5.41) is 9.27. The molecular formula is C15H24N4OS. The van der Waals surface area contributed by atoms with Crippen molar-refractivity contribution >= 4 is 23.6 Å². The molecule has 0 aromatic heterocycles. The van der Waals surface area contributed by atoms with Gasteiger partial charge in [0.2, 0.25) is 0 Å². The zero-order valence-electron chi connectivity index (χ0n) is 12.9. The van der Waals surface area contributed by atoms with E-state index < -0.39 is 0 Å². The maximum Gasteiger partial charge on any atom is 0.251 e. The summed E-state index contributed by atoms with van der Waals surface area (Å²) in [6.45, 7) is 4.11. The fourth-order valence-electron chi connectivity index (χ4n) is 1.71. The van der Waals surface area contributed by atoms with Gasteiger partial charge in [-0.05, 0) is 30.9 Å². The Morgan fingerprint density at radius 1 is 1.19 bits per heavy atom. The van der Waals surface area contributed by atoms with Crippen molar-refractivity contribution in [3.8, 4) is 0 Å². The summed E-state index contributed by atoms with van der Waals surface area (Å²) < 4.78 is 0. The fourth-order valence-corrected chi connectivity index (χ4v) is 2.02. The molecule has 6 heteroatoms. The van der Waals surface area contributed by atoms with Crippen LogP contribution in [0.3, 0.4) is 0 Å². The van der Waals surface area contributed by atoms with E-state index in [1.165, 1.54) is 0 Å². The Balaban J connectivity index is 2.46.